The third-order valence-electron chi connectivity index (χ3n) is 1.48. The molecule has 12 heavy (non-hydrogen) atoms. The summed E-state index contributed by atoms with van der Waals surface area (Å²) in [4.78, 5) is 0. The second-order valence-corrected chi connectivity index (χ2v) is 3.65. The minimum absolute atomic E-state index is 0.0703. The lowest BCUT2D eigenvalue weighted by molar-refractivity contribution is 0.268. The van der Waals surface area contributed by atoms with E-state index in [-0.39, 0.29) is 6.10 Å². The van der Waals surface area contributed by atoms with Crippen LogP contribution in [-0.2, 0) is 0 Å². The van der Waals surface area contributed by atoms with Crippen LogP contribution in [0.15, 0.2) is 36.9 Å². The lowest BCUT2D eigenvalue weighted by atomic mass is 10.3. The number of rotatable bonds is 3. The van der Waals surface area contributed by atoms with Crippen LogP contribution in [0, 0.1) is 3.57 Å². The molecule has 0 fully saturated rings. The zero-order valence-corrected chi connectivity index (χ0v) is 9.11. The molecule has 0 amide bonds. The Balaban J connectivity index is 2.75. The average molecular weight is 274 g/mol. The summed E-state index contributed by atoms with van der Waals surface area (Å²) in [6, 6.07) is 7.94. The van der Waals surface area contributed by atoms with E-state index < -0.39 is 0 Å². The first-order valence-corrected chi connectivity index (χ1v) is 4.85. The van der Waals surface area contributed by atoms with Crippen LogP contribution in [0.2, 0.25) is 0 Å². The highest BCUT2D eigenvalue weighted by molar-refractivity contribution is 14.1. The number of para-hydroxylation sites is 1. The summed E-state index contributed by atoms with van der Waals surface area (Å²) >= 11 is 2.25. The second-order valence-electron chi connectivity index (χ2n) is 2.49. The number of benzene rings is 1. The van der Waals surface area contributed by atoms with E-state index in [0.717, 1.165) is 9.32 Å². The predicted octanol–water partition coefficient (Wildman–Crippen LogP) is 3.24. The van der Waals surface area contributed by atoms with Crippen LogP contribution in [0.25, 0.3) is 0 Å². The molecule has 1 unspecified atom stereocenters. The number of hydrogen-bond acceptors (Lipinski definition) is 1. The molecule has 1 atom stereocenters. The summed E-state index contributed by atoms with van der Waals surface area (Å²) in [6.45, 7) is 5.63. The van der Waals surface area contributed by atoms with Gasteiger partial charge < -0.3 is 4.74 Å². The molecular formula is C10H11IO. The van der Waals surface area contributed by atoms with Crippen molar-refractivity contribution in [3.63, 3.8) is 0 Å². The highest BCUT2D eigenvalue weighted by atomic mass is 127. The molecule has 0 saturated carbocycles. The monoisotopic (exact) mass is 274 g/mol. The van der Waals surface area contributed by atoms with E-state index in [2.05, 4.69) is 29.2 Å². The Morgan fingerprint density at radius 2 is 2.17 bits per heavy atom. The smallest absolute Gasteiger partial charge is 0.133 e. The van der Waals surface area contributed by atoms with Gasteiger partial charge in [-0.2, -0.15) is 0 Å². The normalized spacial score (nSPS) is 12.2. The molecule has 0 heterocycles. The molecule has 64 valence electrons. The molecule has 0 aliphatic heterocycles. The summed E-state index contributed by atoms with van der Waals surface area (Å²) in [5.74, 6) is 0.922. The van der Waals surface area contributed by atoms with Gasteiger partial charge in [0.1, 0.15) is 11.9 Å². The Morgan fingerprint density at radius 1 is 1.50 bits per heavy atom. The van der Waals surface area contributed by atoms with Gasteiger partial charge in [0, 0.05) is 0 Å². The van der Waals surface area contributed by atoms with Crippen molar-refractivity contribution in [1.29, 1.82) is 0 Å². The van der Waals surface area contributed by atoms with Gasteiger partial charge in [0.25, 0.3) is 0 Å². The molecule has 0 bridgehead atoms. The molecule has 1 aromatic rings. The van der Waals surface area contributed by atoms with Gasteiger partial charge in [-0.25, -0.2) is 0 Å². The summed E-state index contributed by atoms with van der Waals surface area (Å²) in [5.41, 5.74) is 0. The highest BCUT2D eigenvalue weighted by Gasteiger charge is 2.01. The molecular weight excluding hydrogens is 263 g/mol. The topological polar surface area (TPSA) is 9.23 Å². The van der Waals surface area contributed by atoms with Gasteiger partial charge in [-0.05, 0) is 41.6 Å². The van der Waals surface area contributed by atoms with Crippen molar-refractivity contribution in [2.24, 2.45) is 0 Å². The van der Waals surface area contributed by atoms with Crippen molar-refractivity contribution in [3.8, 4) is 5.75 Å². The van der Waals surface area contributed by atoms with Gasteiger partial charge in [0.2, 0.25) is 0 Å². The maximum Gasteiger partial charge on any atom is 0.133 e. The summed E-state index contributed by atoms with van der Waals surface area (Å²) in [5, 5.41) is 0. The van der Waals surface area contributed by atoms with E-state index in [1.807, 2.05) is 31.2 Å². The van der Waals surface area contributed by atoms with Crippen molar-refractivity contribution in [1.82, 2.24) is 0 Å². The van der Waals surface area contributed by atoms with Crippen LogP contribution in [0.3, 0.4) is 0 Å². The van der Waals surface area contributed by atoms with Crippen LogP contribution in [0.5, 0.6) is 5.75 Å². The van der Waals surface area contributed by atoms with Crippen LogP contribution < -0.4 is 4.74 Å². The van der Waals surface area contributed by atoms with Crippen molar-refractivity contribution in [2.45, 2.75) is 13.0 Å². The van der Waals surface area contributed by atoms with Crippen LogP contribution >= 0.6 is 22.6 Å². The standard InChI is InChI=1S/C10H11IO/c1-3-8(2)12-10-7-5-4-6-9(10)11/h3-8H,1H2,2H3. The van der Waals surface area contributed by atoms with Gasteiger partial charge in [-0.3, -0.25) is 0 Å². The van der Waals surface area contributed by atoms with Gasteiger partial charge in [-0.1, -0.05) is 24.8 Å². The molecule has 0 aliphatic carbocycles. The molecule has 0 aliphatic rings. The molecule has 0 spiro atoms. The van der Waals surface area contributed by atoms with E-state index in [1.165, 1.54) is 0 Å². The minimum Gasteiger partial charge on any atom is -0.486 e. The second kappa shape index (κ2) is 4.50. The van der Waals surface area contributed by atoms with Crippen molar-refractivity contribution in [2.75, 3.05) is 0 Å². The van der Waals surface area contributed by atoms with E-state index >= 15 is 0 Å². The largest absolute Gasteiger partial charge is 0.486 e. The summed E-state index contributed by atoms with van der Waals surface area (Å²) in [7, 11) is 0. The Morgan fingerprint density at radius 3 is 2.75 bits per heavy atom. The van der Waals surface area contributed by atoms with E-state index in [0.29, 0.717) is 0 Å². The van der Waals surface area contributed by atoms with Gasteiger partial charge >= 0.3 is 0 Å². The third-order valence-corrected chi connectivity index (χ3v) is 2.37. The van der Waals surface area contributed by atoms with Crippen LogP contribution in [0.4, 0.5) is 0 Å². The maximum absolute atomic E-state index is 5.57. The van der Waals surface area contributed by atoms with Crippen molar-refractivity contribution in [3.05, 3.63) is 40.5 Å². The molecule has 1 nitrogen and oxygen atoms in total. The predicted molar refractivity (Wildman–Crippen MR) is 59.4 cm³/mol. The van der Waals surface area contributed by atoms with E-state index in [1.54, 1.807) is 6.08 Å². The zero-order chi connectivity index (χ0) is 8.97. The molecule has 0 radical (unpaired) electrons. The Kier molecular flexibility index (Phi) is 3.59. The molecule has 0 saturated heterocycles. The van der Waals surface area contributed by atoms with Gasteiger partial charge in [0.05, 0.1) is 3.57 Å². The molecule has 1 aromatic carbocycles. The Hall–Kier alpha value is -0.510. The Labute approximate surface area is 86.6 Å². The highest BCUT2D eigenvalue weighted by Crippen LogP contribution is 2.20. The Bertz CT molecular complexity index is 270. The fourth-order valence-electron chi connectivity index (χ4n) is 0.789. The maximum atomic E-state index is 5.57. The van der Waals surface area contributed by atoms with Gasteiger partial charge in [-0.15, -0.1) is 0 Å². The van der Waals surface area contributed by atoms with Crippen LogP contribution in [-0.4, -0.2) is 6.10 Å². The lowest BCUT2D eigenvalue weighted by Crippen LogP contribution is -2.07. The van der Waals surface area contributed by atoms with Crippen LogP contribution in [0.1, 0.15) is 6.92 Å². The molecule has 0 aromatic heterocycles. The minimum atomic E-state index is 0.0703. The fourth-order valence-corrected chi connectivity index (χ4v) is 1.30. The first kappa shape index (κ1) is 9.58. The SMILES string of the molecule is C=CC(C)Oc1ccccc1I. The number of hydrogen-bond donors (Lipinski definition) is 0. The third kappa shape index (κ3) is 2.52. The van der Waals surface area contributed by atoms with Crippen molar-refractivity contribution >= 4 is 22.6 Å². The number of ether oxygens (including phenoxy) is 1. The van der Waals surface area contributed by atoms with Crippen molar-refractivity contribution < 1.29 is 4.74 Å². The molecule has 2 heteroatoms. The van der Waals surface area contributed by atoms with E-state index in [9.17, 15) is 0 Å². The number of halogens is 1. The zero-order valence-electron chi connectivity index (χ0n) is 6.96. The quantitative estimate of drug-likeness (QED) is 0.607. The fraction of sp³-hybridized carbons (Fsp3) is 0.200. The van der Waals surface area contributed by atoms with E-state index in [4.69, 9.17) is 4.74 Å². The average Bonchev–Trinajstić information content (AvgIpc) is 2.09. The lowest BCUT2D eigenvalue weighted by Gasteiger charge is -2.11. The summed E-state index contributed by atoms with van der Waals surface area (Å²) in [6.07, 6.45) is 1.85. The molecule has 0 N–H and O–H groups in total. The first-order chi connectivity index (χ1) is 5.74. The molecule has 1 rings (SSSR count). The van der Waals surface area contributed by atoms with Gasteiger partial charge in [0.15, 0.2) is 0 Å². The first-order valence-electron chi connectivity index (χ1n) is 3.78. The summed E-state index contributed by atoms with van der Waals surface area (Å²) < 4.78 is 6.70.